The summed E-state index contributed by atoms with van der Waals surface area (Å²) < 4.78 is 21.6. The van der Waals surface area contributed by atoms with Crippen molar-refractivity contribution < 1.29 is 8.81 Å². The first-order valence-corrected chi connectivity index (χ1v) is 11.6. The molecule has 0 unspecified atom stereocenters. The van der Waals surface area contributed by atoms with E-state index in [4.69, 9.17) is 9.40 Å². The van der Waals surface area contributed by atoms with E-state index in [0.717, 1.165) is 62.4 Å². The minimum atomic E-state index is -0.158. The molecular weight excluding hydrogens is 397 g/mol. The number of halogens is 1. The van der Waals surface area contributed by atoms with E-state index in [-0.39, 0.29) is 5.82 Å². The van der Waals surface area contributed by atoms with Crippen molar-refractivity contribution in [3.63, 3.8) is 0 Å². The lowest BCUT2D eigenvalue weighted by Gasteiger charge is -2.17. The first-order valence-electron chi connectivity index (χ1n) is 11.6. The lowest BCUT2D eigenvalue weighted by Crippen LogP contribution is -2.00. The van der Waals surface area contributed by atoms with E-state index in [1.54, 1.807) is 12.1 Å². The summed E-state index contributed by atoms with van der Waals surface area (Å²) in [6.07, 6.45) is 6.56. The third kappa shape index (κ3) is 2.95. The number of fused-ring (bicyclic) bond motifs is 4. The molecule has 0 spiro atoms. The van der Waals surface area contributed by atoms with Crippen LogP contribution in [0.1, 0.15) is 62.5 Å². The number of pyridine rings is 1. The van der Waals surface area contributed by atoms with Crippen molar-refractivity contribution >= 4 is 32.7 Å². The maximum Gasteiger partial charge on any atom is 0.144 e. The minimum absolute atomic E-state index is 0.158. The van der Waals surface area contributed by atoms with Gasteiger partial charge in [-0.05, 0) is 60.1 Å². The summed E-state index contributed by atoms with van der Waals surface area (Å²) in [4.78, 5) is 4.96. The van der Waals surface area contributed by atoms with Gasteiger partial charge >= 0.3 is 0 Å². The molecular formula is C29H26FNO. The number of benzene rings is 3. The lowest BCUT2D eigenvalue weighted by atomic mass is 9.90. The molecule has 1 aliphatic carbocycles. The molecule has 2 aromatic heterocycles. The highest BCUT2D eigenvalue weighted by Gasteiger charge is 2.24. The van der Waals surface area contributed by atoms with Gasteiger partial charge < -0.3 is 4.42 Å². The van der Waals surface area contributed by atoms with Gasteiger partial charge in [-0.1, -0.05) is 57.0 Å². The van der Waals surface area contributed by atoms with E-state index in [0.29, 0.717) is 11.8 Å². The van der Waals surface area contributed by atoms with Gasteiger partial charge in [-0.15, -0.1) is 0 Å². The van der Waals surface area contributed by atoms with Gasteiger partial charge in [-0.2, -0.15) is 0 Å². The zero-order valence-electron chi connectivity index (χ0n) is 18.5. The number of nitrogens with zero attached hydrogens (tertiary/aromatic N) is 1. The molecule has 2 nitrogen and oxygen atoms in total. The van der Waals surface area contributed by atoms with Crippen molar-refractivity contribution in [2.24, 2.45) is 0 Å². The molecule has 0 aliphatic heterocycles. The van der Waals surface area contributed by atoms with Crippen LogP contribution in [-0.4, -0.2) is 4.98 Å². The summed E-state index contributed by atoms with van der Waals surface area (Å²) in [5, 5.41) is 3.79. The van der Waals surface area contributed by atoms with Crippen molar-refractivity contribution in [1.82, 2.24) is 4.98 Å². The van der Waals surface area contributed by atoms with Crippen LogP contribution in [0, 0.1) is 5.82 Å². The smallest absolute Gasteiger partial charge is 0.144 e. The highest BCUT2D eigenvalue weighted by Crippen LogP contribution is 2.43. The van der Waals surface area contributed by atoms with Crippen molar-refractivity contribution in [3.8, 4) is 11.3 Å². The van der Waals surface area contributed by atoms with Crippen molar-refractivity contribution in [2.45, 2.75) is 51.4 Å². The molecule has 5 aromatic rings. The highest BCUT2D eigenvalue weighted by atomic mass is 19.1. The number of aromatic nitrogens is 1. The molecule has 3 aromatic carbocycles. The summed E-state index contributed by atoms with van der Waals surface area (Å²) in [7, 11) is 0. The summed E-state index contributed by atoms with van der Waals surface area (Å²) in [6.45, 7) is 4.39. The van der Waals surface area contributed by atoms with Crippen LogP contribution in [0.25, 0.3) is 44.0 Å². The van der Waals surface area contributed by atoms with E-state index >= 15 is 4.39 Å². The fraction of sp³-hybridized carbons (Fsp3) is 0.276. The van der Waals surface area contributed by atoms with Gasteiger partial charge in [0.1, 0.15) is 17.0 Å². The number of rotatable bonds is 3. The summed E-state index contributed by atoms with van der Waals surface area (Å²) in [6, 6.07) is 17.9. The standard InChI is InChI=1S/C29H26FNO/c1-17(2)19-14-22-20-10-5-6-13-26(20)32-29(22)23(15-19)28-21-11-7-12-25(30)27(21)24(16-31-28)18-8-3-4-9-18/h5-7,10-18H,3-4,8-9H2,1-2H3. The van der Waals surface area contributed by atoms with Gasteiger partial charge in [-0.25, -0.2) is 4.39 Å². The van der Waals surface area contributed by atoms with Crippen molar-refractivity contribution in [2.75, 3.05) is 0 Å². The zero-order chi connectivity index (χ0) is 21.8. The molecule has 3 heteroatoms. The Hall–Kier alpha value is -3.20. The Labute approximate surface area is 187 Å². The molecule has 0 amide bonds. The third-order valence-electron chi connectivity index (χ3n) is 7.11. The molecule has 0 saturated heterocycles. The van der Waals surface area contributed by atoms with E-state index in [9.17, 15) is 0 Å². The average molecular weight is 424 g/mol. The molecule has 0 atom stereocenters. The van der Waals surface area contributed by atoms with Crippen LogP contribution in [-0.2, 0) is 0 Å². The fourth-order valence-corrected chi connectivity index (χ4v) is 5.40. The van der Waals surface area contributed by atoms with Gasteiger partial charge in [0.2, 0.25) is 0 Å². The molecule has 6 rings (SSSR count). The second-order valence-electron chi connectivity index (χ2n) is 9.40. The first kappa shape index (κ1) is 19.5. The molecule has 32 heavy (non-hydrogen) atoms. The topological polar surface area (TPSA) is 26.0 Å². The Balaban J connectivity index is 1.70. The monoisotopic (exact) mass is 423 g/mol. The van der Waals surface area contributed by atoms with Gasteiger partial charge in [0, 0.05) is 33.3 Å². The maximum absolute atomic E-state index is 15.2. The van der Waals surface area contributed by atoms with Gasteiger partial charge in [0.25, 0.3) is 0 Å². The van der Waals surface area contributed by atoms with E-state index in [2.05, 4.69) is 32.0 Å². The Morgan fingerprint density at radius 1 is 0.938 bits per heavy atom. The molecule has 1 fully saturated rings. The summed E-state index contributed by atoms with van der Waals surface area (Å²) in [5.41, 5.74) is 5.71. The Kier molecular flexibility index (Phi) is 4.53. The molecule has 1 saturated carbocycles. The van der Waals surface area contributed by atoms with Crippen LogP contribution >= 0.6 is 0 Å². The van der Waals surface area contributed by atoms with E-state index < -0.39 is 0 Å². The highest BCUT2D eigenvalue weighted by molar-refractivity contribution is 6.12. The normalized spacial score (nSPS) is 15.0. The van der Waals surface area contributed by atoms with Gasteiger partial charge in [0.15, 0.2) is 0 Å². The molecule has 0 N–H and O–H groups in total. The van der Waals surface area contributed by atoms with Crippen LogP contribution in [0.5, 0.6) is 0 Å². The lowest BCUT2D eigenvalue weighted by molar-refractivity contribution is 0.634. The van der Waals surface area contributed by atoms with Gasteiger partial charge in [0.05, 0.1) is 5.69 Å². The minimum Gasteiger partial charge on any atom is -0.455 e. The predicted molar refractivity (Wildman–Crippen MR) is 130 cm³/mol. The Bertz CT molecular complexity index is 1470. The Morgan fingerprint density at radius 2 is 1.72 bits per heavy atom. The summed E-state index contributed by atoms with van der Waals surface area (Å²) in [5.74, 6) is 0.589. The predicted octanol–water partition coefficient (Wildman–Crippen LogP) is 8.72. The second-order valence-corrected chi connectivity index (χ2v) is 9.40. The quantitative estimate of drug-likeness (QED) is 0.290. The number of para-hydroxylation sites is 1. The Morgan fingerprint density at radius 3 is 2.53 bits per heavy atom. The zero-order valence-corrected chi connectivity index (χ0v) is 18.5. The first-order chi connectivity index (χ1) is 15.6. The third-order valence-corrected chi connectivity index (χ3v) is 7.11. The molecule has 2 heterocycles. The maximum atomic E-state index is 15.2. The average Bonchev–Trinajstić information content (AvgIpc) is 3.46. The van der Waals surface area contributed by atoms with E-state index in [1.165, 1.54) is 18.4 Å². The number of hydrogen-bond acceptors (Lipinski definition) is 2. The fourth-order valence-electron chi connectivity index (χ4n) is 5.40. The van der Waals surface area contributed by atoms with Crippen LogP contribution in [0.15, 0.2) is 65.2 Å². The molecule has 0 bridgehead atoms. The van der Waals surface area contributed by atoms with Gasteiger partial charge in [-0.3, -0.25) is 4.98 Å². The SMILES string of the molecule is CC(C)c1cc(-c2ncc(C3CCCC3)c3c(F)cccc23)c2oc3ccccc3c2c1. The second kappa shape index (κ2) is 7.44. The van der Waals surface area contributed by atoms with Crippen molar-refractivity contribution in [1.29, 1.82) is 0 Å². The largest absolute Gasteiger partial charge is 0.455 e. The van der Waals surface area contributed by atoms with E-state index in [1.807, 2.05) is 30.5 Å². The molecule has 1 aliphatic rings. The van der Waals surface area contributed by atoms with Crippen LogP contribution in [0.4, 0.5) is 4.39 Å². The number of hydrogen-bond donors (Lipinski definition) is 0. The van der Waals surface area contributed by atoms with Crippen molar-refractivity contribution in [3.05, 3.63) is 77.7 Å². The number of furan rings is 1. The van der Waals surface area contributed by atoms with Crippen LogP contribution in [0.3, 0.4) is 0 Å². The molecule has 0 radical (unpaired) electrons. The van der Waals surface area contributed by atoms with Crippen LogP contribution in [0.2, 0.25) is 0 Å². The van der Waals surface area contributed by atoms with Crippen LogP contribution < -0.4 is 0 Å². The molecule has 160 valence electrons. The summed E-state index contributed by atoms with van der Waals surface area (Å²) >= 11 is 0.